The molecule has 162 valence electrons. The van der Waals surface area contributed by atoms with Crippen LogP contribution in [-0.4, -0.2) is 24.2 Å². The van der Waals surface area contributed by atoms with Gasteiger partial charge < -0.3 is 19.7 Å². The lowest BCUT2D eigenvalue weighted by molar-refractivity contribution is -0.384. The van der Waals surface area contributed by atoms with Gasteiger partial charge in [0.05, 0.1) is 29.5 Å². The lowest BCUT2D eigenvalue weighted by Gasteiger charge is -2.26. The van der Waals surface area contributed by atoms with Crippen LogP contribution in [0.2, 0.25) is 0 Å². The molecule has 0 fully saturated rings. The number of nitrogens with zero attached hydrogens (tertiary/aromatic N) is 1. The molecule has 0 aliphatic heterocycles. The van der Waals surface area contributed by atoms with Gasteiger partial charge in [0.2, 0.25) is 0 Å². The van der Waals surface area contributed by atoms with Gasteiger partial charge in [-0.05, 0) is 52.0 Å². The van der Waals surface area contributed by atoms with Crippen LogP contribution in [0.15, 0.2) is 60.0 Å². The first kappa shape index (κ1) is 23.6. The Morgan fingerprint density at radius 2 is 1.60 bits per heavy atom. The fourth-order valence-corrected chi connectivity index (χ4v) is 4.59. The van der Waals surface area contributed by atoms with Gasteiger partial charge in [0.15, 0.2) is 0 Å². The maximum atomic E-state index is 13.5. The first-order chi connectivity index (χ1) is 14.3. The predicted octanol–water partition coefficient (Wildman–Crippen LogP) is 5.92. The van der Waals surface area contributed by atoms with Crippen LogP contribution < -0.4 is 10.6 Å². The molecule has 0 bridgehead atoms. The number of nitro benzene ring substituents is 1. The third-order valence-electron chi connectivity index (χ3n) is 4.26. The van der Waals surface area contributed by atoms with Crippen molar-refractivity contribution in [3.05, 3.63) is 75.7 Å². The Balaban J connectivity index is 2.33. The SMILES string of the molecule is CCOP(=O)(OCC)/C(=C/Nc1ccc([N+](=O)[O-])cc1)C(C)Nc1ccc(C)cc1. The molecule has 0 saturated carbocycles. The highest BCUT2D eigenvalue weighted by Crippen LogP contribution is 2.57. The van der Waals surface area contributed by atoms with Crippen LogP contribution in [0.4, 0.5) is 17.1 Å². The number of benzene rings is 2. The molecule has 0 aliphatic rings. The Morgan fingerprint density at radius 3 is 2.10 bits per heavy atom. The van der Waals surface area contributed by atoms with Crippen molar-refractivity contribution in [2.45, 2.75) is 33.7 Å². The monoisotopic (exact) mass is 433 g/mol. The minimum absolute atomic E-state index is 0.00605. The van der Waals surface area contributed by atoms with Crippen LogP contribution >= 0.6 is 7.60 Å². The van der Waals surface area contributed by atoms with Gasteiger partial charge in [0, 0.05) is 29.7 Å². The topological polar surface area (TPSA) is 103 Å². The number of rotatable bonds is 11. The second-order valence-corrected chi connectivity index (χ2v) is 8.61. The molecule has 0 amide bonds. The Labute approximate surface area is 177 Å². The number of non-ortho nitro benzene ring substituents is 1. The zero-order valence-electron chi connectivity index (χ0n) is 17.6. The zero-order chi connectivity index (χ0) is 22.1. The van der Waals surface area contributed by atoms with Crippen LogP contribution in [0.3, 0.4) is 0 Å². The normalized spacial score (nSPS) is 13.0. The molecular formula is C21H28N3O5P. The van der Waals surface area contributed by atoms with E-state index in [9.17, 15) is 14.7 Å². The minimum atomic E-state index is -3.57. The highest BCUT2D eigenvalue weighted by molar-refractivity contribution is 7.58. The molecular weight excluding hydrogens is 405 g/mol. The van der Waals surface area contributed by atoms with Gasteiger partial charge in [-0.3, -0.25) is 14.7 Å². The predicted molar refractivity (Wildman–Crippen MR) is 120 cm³/mol. The summed E-state index contributed by atoms with van der Waals surface area (Å²) in [5.74, 6) is 0. The Hall–Kier alpha value is -2.67. The van der Waals surface area contributed by atoms with Gasteiger partial charge in [0.1, 0.15) is 0 Å². The van der Waals surface area contributed by atoms with Crippen molar-refractivity contribution < 1.29 is 18.5 Å². The van der Waals surface area contributed by atoms with Gasteiger partial charge in [-0.2, -0.15) is 0 Å². The van der Waals surface area contributed by atoms with Gasteiger partial charge in [-0.25, -0.2) is 0 Å². The van der Waals surface area contributed by atoms with E-state index in [2.05, 4.69) is 10.6 Å². The molecule has 0 spiro atoms. The van der Waals surface area contributed by atoms with E-state index in [1.807, 2.05) is 38.1 Å². The quantitative estimate of drug-likeness (QED) is 0.257. The summed E-state index contributed by atoms with van der Waals surface area (Å²) in [6.07, 6.45) is 1.58. The Bertz CT molecular complexity index is 903. The average molecular weight is 433 g/mol. The molecule has 8 nitrogen and oxygen atoms in total. The fraction of sp³-hybridized carbons (Fsp3) is 0.333. The molecule has 0 aliphatic carbocycles. The van der Waals surface area contributed by atoms with Crippen LogP contribution in [0.25, 0.3) is 0 Å². The summed E-state index contributed by atoms with van der Waals surface area (Å²) in [6, 6.07) is 13.4. The lowest BCUT2D eigenvalue weighted by Crippen LogP contribution is -2.21. The largest absolute Gasteiger partial charge is 0.378 e. The van der Waals surface area contributed by atoms with Crippen molar-refractivity contribution in [1.82, 2.24) is 0 Å². The number of hydrogen-bond donors (Lipinski definition) is 2. The van der Waals surface area contributed by atoms with E-state index in [-0.39, 0.29) is 24.9 Å². The molecule has 1 unspecified atom stereocenters. The van der Waals surface area contributed by atoms with E-state index in [0.717, 1.165) is 11.3 Å². The third kappa shape index (κ3) is 6.42. The summed E-state index contributed by atoms with van der Waals surface area (Å²) in [6.45, 7) is 7.84. The summed E-state index contributed by atoms with van der Waals surface area (Å²) < 4.78 is 24.6. The highest BCUT2D eigenvalue weighted by atomic mass is 31.2. The lowest BCUT2D eigenvalue weighted by atomic mass is 10.2. The molecule has 2 aromatic rings. The molecule has 2 rings (SSSR count). The van der Waals surface area contributed by atoms with E-state index < -0.39 is 12.5 Å². The van der Waals surface area contributed by atoms with Crippen LogP contribution in [0.1, 0.15) is 26.3 Å². The summed E-state index contributed by atoms with van der Waals surface area (Å²) in [5.41, 5.74) is 2.61. The molecule has 0 aromatic heterocycles. The van der Waals surface area contributed by atoms with Gasteiger partial charge in [-0.1, -0.05) is 17.7 Å². The number of aryl methyl sites for hydroxylation is 1. The van der Waals surface area contributed by atoms with Gasteiger partial charge >= 0.3 is 7.60 Å². The molecule has 2 aromatic carbocycles. The third-order valence-corrected chi connectivity index (χ3v) is 6.60. The second kappa shape index (κ2) is 10.9. The second-order valence-electron chi connectivity index (χ2n) is 6.58. The number of anilines is 2. The summed E-state index contributed by atoms with van der Waals surface area (Å²) >= 11 is 0. The van der Waals surface area contributed by atoms with E-state index in [1.165, 1.54) is 12.1 Å². The summed E-state index contributed by atoms with van der Waals surface area (Å²) in [7, 11) is -3.57. The maximum absolute atomic E-state index is 13.5. The first-order valence-electron chi connectivity index (χ1n) is 9.73. The van der Waals surface area contributed by atoms with Gasteiger partial charge in [0.25, 0.3) is 5.69 Å². The fourth-order valence-electron chi connectivity index (χ4n) is 2.78. The molecule has 1 atom stereocenters. The Morgan fingerprint density at radius 1 is 1.07 bits per heavy atom. The van der Waals surface area contributed by atoms with Gasteiger partial charge in [-0.15, -0.1) is 0 Å². The van der Waals surface area contributed by atoms with Crippen molar-refractivity contribution in [2.75, 3.05) is 23.8 Å². The summed E-state index contributed by atoms with van der Waals surface area (Å²) in [5, 5.41) is 17.6. The summed E-state index contributed by atoms with van der Waals surface area (Å²) in [4.78, 5) is 10.4. The molecule has 0 saturated heterocycles. The zero-order valence-corrected chi connectivity index (χ0v) is 18.5. The smallest absolute Gasteiger partial charge is 0.360 e. The first-order valence-corrected chi connectivity index (χ1v) is 11.3. The number of nitro groups is 1. The highest BCUT2D eigenvalue weighted by Gasteiger charge is 2.33. The van der Waals surface area contributed by atoms with E-state index in [1.54, 1.807) is 32.2 Å². The number of hydrogen-bond acceptors (Lipinski definition) is 7. The van der Waals surface area contributed by atoms with Crippen molar-refractivity contribution in [3.63, 3.8) is 0 Å². The van der Waals surface area contributed by atoms with E-state index in [4.69, 9.17) is 9.05 Å². The maximum Gasteiger partial charge on any atom is 0.360 e. The standard InChI is InChI=1S/C21H28N3O5P/c1-5-28-30(27,29-6-2)21(17(4)23-19-9-7-16(3)8-10-19)15-22-18-11-13-20(14-12-18)24(25)26/h7-15,17,22-23H,5-6H2,1-4H3/b21-15+. The average Bonchev–Trinajstić information content (AvgIpc) is 2.70. The minimum Gasteiger partial charge on any atom is -0.378 e. The molecule has 30 heavy (non-hydrogen) atoms. The van der Waals surface area contributed by atoms with Crippen molar-refractivity contribution in [2.24, 2.45) is 0 Å². The number of nitrogens with one attached hydrogen (secondary N) is 2. The van der Waals surface area contributed by atoms with Crippen LogP contribution in [0.5, 0.6) is 0 Å². The van der Waals surface area contributed by atoms with Crippen molar-refractivity contribution in [1.29, 1.82) is 0 Å². The van der Waals surface area contributed by atoms with E-state index in [0.29, 0.717) is 11.0 Å². The van der Waals surface area contributed by atoms with Crippen molar-refractivity contribution in [3.8, 4) is 0 Å². The molecule has 0 heterocycles. The van der Waals surface area contributed by atoms with Crippen LogP contribution in [-0.2, 0) is 13.6 Å². The molecule has 9 heteroatoms. The Kier molecular flexibility index (Phi) is 8.59. The van der Waals surface area contributed by atoms with Crippen molar-refractivity contribution >= 4 is 24.7 Å². The van der Waals surface area contributed by atoms with Crippen LogP contribution in [0, 0.1) is 17.0 Å². The molecule has 0 radical (unpaired) electrons. The molecule has 2 N–H and O–H groups in total. The van der Waals surface area contributed by atoms with E-state index >= 15 is 0 Å².